The smallest absolute Gasteiger partial charge is 0.00723 e. The predicted molar refractivity (Wildman–Crippen MR) is 130 cm³/mol. The van der Waals surface area contributed by atoms with Crippen LogP contribution in [0.2, 0.25) is 0 Å². The topological polar surface area (TPSA) is 12.0 Å². The van der Waals surface area contributed by atoms with Crippen molar-refractivity contribution in [1.82, 2.24) is 5.32 Å². The summed E-state index contributed by atoms with van der Waals surface area (Å²) in [5.74, 6) is 1.86. The average molecular weight is 396 g/mol. The largest absolute Gasteiger partial charge is 0.314 e. The Kier molecular flexibility index (Phi) is 21.6. The molecule has 0 aliphatic carbocycles. The molecule has 28 heavy (non-hydrogen) atoms. The molecule has 1 heteroatoms. The van der Waals surface area contributed by atoms with E-state index in [2.05, 4.69) is 39.9 Å². The SMILES string of the molecule is CCCCCCCCCCNC(CC(CC)CCCC)CC(CC)CCCC. The van der Waals surface area contributed by atoms with E-state index in [1.807, 2.05) is 0 Å². The van der Waals surface area contributed by atoms with Crippen LogP contribution in [0, 0.1) is 11.8 Å². The Morgan fingerprint density at radius 3 is 1.36 bits per heavy atom. The zero-order valence-corrected chi connectivity index (χ0v) is 20.7. The van der Waals surface area contributed by atoms with E-state index in [0.29, 0.717) is 0 Å². The fourth-order valence-electron chi connectivity index (χ4n) is 4.60. The lowest BCUT2D eigenvalue weighted by atomic mass is 9.85. The van der Waals surface area contributed by atoms with E-state index < -0.39 is 0 Å². The minimum atomic E-state index is 0.758. The van der Waals surface area contributed by atoms with Gasteiger partial charge in [0.05, 0.1) is 0 Å². The molecule has 0 aliphatic rings. The van der Waals surface area contributed by atoms with Crippen LogP contribution < -0.4 is 5.32 Å². The van der Waals surface area contributed by atoms with Crippen LogP contribution in [0.3, 0.4) is 0 Å². The molecule has 0 aliphatic heterocycles. The van der Waals surface area contributed by atoms with Gasteiger partial charge >= 0.3 is 0 Å². The molecular weight excluding hydrogens is 338 g/mol. The van der Waals surface area contributed by atoms with E-state index in [9.17, 15) is 0 Å². The lowest BCUT2D eigenvalue weighted by molar-refractivity contribution is 0.287. The Morgan fingerprint density at radius 2 is 0.929 bits per heavy atom. The summed E-state index contributed by atoms with van der Waals surface area (Å²) in [5.41, 5.74) is 0. The minimum Gasteiger partial charge on any atom is -0.314 e. The predicted octanol–water partition coefficient (Wildman–Crippen LogP) is 9.30. The summed E-state index contributed by atoms with van der Waals surface area (Å²) in [4.78, 5) is 0. The third-order valence-corrected chi connectivity index (χ3v) is 6.79. The van der Waals surface area contributed by atoms with Gasteiger partial charge in [-0.05, 0) is 37.6 Å². The lowest BCUT2D eigenvalue weighted by Crippen LogP contribution is -2.34. The van der Waals surface area contributed by atoms with Gasteiger partial charge in [0.2, 0.25) is 0 Å². The molecule has 2 unspecified atom stereocenters. The van der Waals surface area contributed by atoms with E-state index in [1.54, 1.807) is 0 Å². The molecule has 0 amide bonds. The Labute approximate surface area is 180 Å². The van der Waals surface area contributed by atoms with Gasteiger partial charge in [0, 0.05) is 6.04 Å². The normalized spacial score (nSPS) is 14.9. The number of hydrogen-bond donors (Lipinski definition) is 1. The molecule has 2 atom stereocenters. The first-order valence-electron chi connectivity index (χ1n) is 13.4. The molecule has 170 valence electrons. The molecule has 0 bridgehead atoms. The van der Waals surface area contributed by atoms with Crippen LogP contribution in [0.5, 0.6) is 0 Å². The summed E-state index contributed by atoms with van der Waals surface area (Å²) in [6.45, 7) is 13.0. The third kappa shape index (κ3) is 16.9. The highest BCUT2D eigenvalue weighted by molar-refractivity contribution is 4.75. The Morgan fingerprint density at radius 1 is 0.500 bits per heavy atom. The first-order valence-corrected chi connectivity index (χ1v) is 13.4. The Hall–Kier alpha value is -0.0400. The number of nitrogens with one attached hydrogen (secondary N) is 1. The van der Waals surface area contributed by atoms with Crippen LogP contribution in [-0.4, -0.2) is 12.6 Å². The number of rotatable bonds is 22. The molecular formula is C27H57N. The maximum Gasteiger partial charge on any atom is 0.00723 e. The van der Waals surface area contributed by atoms with Crippen LogP contribution >= 0.6 is 0 Å². The van der Waals surface area contributed by atoms with Gasteiger partial charge in [-0.3, -0.25) is 0 Å². The summed E-state index contributed by atoms with van der Waals surface area (Å²) >= 11 is 0. The van der Waals surface area contributed by atoms with Gasteiger partial charge in [-0.1, -0.05) is 131 Å². The zero-order chi connectivity index (χ0) is 20.9. The number of unbranched alkanes of at least 4 members (excludes halogenated alkanes) is 9. The maximum absolute atomic E-state index is 4.01. The van der Waals surface area contributed by atoms with E-state index in [0.717, 1.165) is 17.9 Å². The highest BCUT2D eigenvalue weighted by Crippen LogP contribution is 2.25. The molecule has 0 spiro atoms. The van der Waals surface area contributed by atoms with Crippen LogP contribution in [0.25, 0.3) is 0 Å². The zero-order valence-electron chi connectivity index (χ0n) is 20.7. The van der Waals surface area contributed by atoms with Gasteiger partial charge in [-0.2, -0.15) is 0 Å². The van der Waals surface area contributed by atoms with Crippen molar-refractivity contribution in [1.29, 1.82) is 0 Å². The fraction of sp³-hybridized carbons (Fsp3) is 1.00. The summed E-state index contributed by atoms with van der Waals surface area (Å²) in [5, 5.41) is 4.01. The van der Waals surface area contributed by atoms with Crippen molar-refractivity contribution in [2.24, 2.45) is 11.8 Å². The molecule has 0 fully saturated rings. The number of hydrogen-bond acceptors (Lipinski definition) is 1. The van der Waals surface area contributed by atoms with Gasteiger partial charge in [-0.15, -0.1) is 0 Å². The van der Waals surface area contributed by atoms with Crippen LogP contribution in [0.1, 0.15) is 150 Å². The maximum atomic E-state index is 4.01. The van der Waals surface area contributed by atoms with Gasteiger partial charge < -0.3 is 5.32 Å². The summed E-state index contributed by atoms with van der Waals surface area (Å²) in [6.07, 6.45) is 25.3. The molecule has 0 saturated carbocycles. The second-order valence-corrected chi connectivity index (χ2v) is 9.43. The van der Waals surface area contributed by atoms with E-state index in [1.165, 1.54) is 122 Å². The highest BCUT2D eigenvalue weighted by atomic mass is 14.9. The van der Waals surface area contributed by atoms with Gasteiger partial charge in [0.25, 0.3) is 0 Å². The molecule has 1 N–H and O–H groups in total. The second-order valence-electron chi connectivity index (χ2n) is 9.43. The van der Waals surface area contributed by atoms with Crippen molar-refractivity contribution in [3.63, 3.8) is 0 Å². The molecule has 0 heterocycles. The van der Waals surface area contributed by atoms with Crippen molar-refractivity contribution < 1.29 is 0 Å². The van der Waals surface area contributed by atoms with Gasteiger partial charge in [0.1, 0.15) is 0 Å². The monoisotopic (exact) mass is 395 g/mol. The van der Waals surface area contributed by atoms with Crippen molar-refractivity contribution in [2.75, 3.05) is 6.54 Å². The summed E-state index contributed by atoms with van der Waals surface area (Å²) in [7, 11) is 0. The minimum absolute atomic E-state index is 0.758. The second kappa shape index (κ2) is 21.7. The quantitative estimate of drug-likeness (QED) is 0.180. The molecule has 0 saturated heterocycles. The van der Waals surface area contributed by atoms with Crippen molar-refractivity contribution in [3.8, 4) is 0 Å². The van der Waals surface area contributed by atoms with Gasteiger partial charge in [0.15, 0.2) is 0 Å². The van der Waals surface area contributed by atoms with E-state index in [-0.39, 0.29) is 0 Å². The molecule has 0 radical (unpaired) electrons. The molecule has 0 aromatic carbocycles. The standard InChI is InChI=1S/C27H57N/c1-6-11-14-15-16-17-18-19-22-28-27(23-25(9-4)20-12-7-2)24-26(10-5)21-13-8-3/h25-28H,6-24H2,1-5H3. The van der Waals surface area contributed by atoms with Gasteiger partial charge in [-0.25, -0.2) is 0 Å². The fourth-order valence-corrected chi connectivity index (χ4v) is 4.60. The lowest BCUT2D eigenvalue weighted by Gasteiger charge is -2.27. The first kappa shape index (κ1) is 28.0. The molecule has 0 rings (SSSR count). The molecule has 1 nitrogen and oxygen atoms in total. The van der Waals surface area contributed by atoms with E-state index >= 15 is 0 Å². The van der Waals surface area contributed by atoms with Crippen molar-refractivity contribution >= 4 is 0 Å². The Balaban J connectivity index is 4.27. The van der Waals surface area contributed by atoms with Crippen molar-refractivity contribution in [3.05, 3.63) is 0 Å². The third-order valence-electron chi connectivity index (χ3n) is 6.79. The van der Waals surface area contributed by atoms with Crippen LogP contribution in [-0.2, 0) is 0 Å². The van der Waals surface area contributed by atoms with E-state index in [4.69, 9.17) is 0 Å². The summed E-state index contributed by atoms with van der Waals surface area (Å²) in [6, 6.07) is 0.758. The summed E-state index contributed by atoms with van der Waals surface area (Å²) < 4.78 is 0. The van der Waals surface area contributed by atoms with Crippen LogP contribution in [0.15, 0.2) is 0 Å². The highest BCUT2D eigenvalue weighted by Gasteiger charge is 2.18. The Bertz CT molecular complexity index is 270. The molecule has 0 aromatic heterocycles. The first-order chi connectivity index (χ1) is 13.7. The van der Waals surface area contributed by atoms with Crippen LogP contribution in [0.4, 0.5) is 0 Å². The molecule has 0 aromatic rings. The average Bonchev–Trinajstić information content (AvgIpc) is 2.72. The van der Waals surface area contributed by atoms with Crippen molar-refractivity contribution in [2.45, 2.75) is 156 Å².